The summed E-state index contributed by atoms with van der Waals surface area (Å²) in [5.41, 5.74) is 5.30. The zero-order chi connectivity index (χ0) is 24.1. The molecule has 8 nitrogen and oxygen atoms in total. The molecule has 2 amide bonds. The third kappa shape index (κ3) is 5.11. The number of aromatic nitrogens is 4. The van der Waals surface area contributed by atoms with E-state index >= 15 is 0 Å². The van der Waals surface area contributed by atoms with Crippen molar-refractivity contribution in [3.8, 4) is 0 Å². The summed E-state index contributed by atoms with van der Waals surface area (Å²) in [6.07, 6.45) is 2.66. The lowest BCUT2D eigenvalue weighted by Gasteiger charge is -2.21. The number of hydrogen-bond donors (Lipinski definition) is 1. The van der Waals surface area contributed by atoms with Gasteiger partial charge in [0.25, 0.3) is 5.78 Å². The summed E-state index contributed by atoms with van der Waals surface area (Å²) in [5, 5.41) is 7.13. The summed E-state index contributed by atoms with van der Waals surface area (Å²) in [6, 6.07) is 17.1. The van der Waals surface area contributed by atoms with Gasteiger partial charge in [0.1, 0.15) is 6.33 Å². The standard InChI is InChI=1S/C26H28N6O2/c1-4-31(22-8-6-5-7-9-22)25(34)16-20-10-12-21(13-11-20)30-24(33)15-14-23-18(2)29-26-27-17-28-32(26)19(23)3/h5-13,17H,4,14-16H2,1-3H3,(H,30,33). The molecule has 34 heavy (non-hydrogen) atoms. The van der Waals surface area contributed by atoms with Crippen molar-refractivity contribution in [1.82, 2.24) is 19.6 Å². The van der Waals surface area contributed by atoms with Crippen LogP contribution in [0, 0.1) is 13.8 Å². The largest absolute Gasteiger partial charge is 0.326 e. The molecular formula is C26H28N6O2. The molecule has 0 fully saturated rings. The molecule has 0 aliphatic heterocycles. The smallest absolute Gasteiger partial charge is 0.252 e. The number of hydrogen-bond acceptors (Lipinski definition) is 5. The molecule has 4 aromatic rings. The number of nitrogens with zero attached hydrogens (tertiary/aromatic N) is 5. The van der Waals surface area contributed by atoms with E-state index in [-0.39, 0.29) is 11.8 Å². The molecule has 0 bridgehead atoms. The highest BCUT2D eigenvalue weighted by molar-refractivity contribution is 5.95. The Kier molecular flexibility index (Phi) is 6.96. The number of likely N-dealkylation sites (N-methyl/N-ethyl adjacent to an activating group) is 1. The van der Waals surface area contributed by atoms with Crippen molar-refractivity contribution in [2.24, 2.45) is 0 Å². The first-order valence-electron chi connectivity index (χ1n) is 11.4. The number of carbonyl (C=O) groups excluding carboxylic acids is 2. The van der Waals surface area contributed by atoms with Crippen molar-refractivity contribution in [1.29, 1.82) is 0 Å². The van der Waals surface area contributed by atoms with E-state index in [4.69, 9.17) is 0 Å². The Morgan fingerprint density at radius 1 is 1.03 bits per heavy atom. The number of anilines is 2. The number of benzene rings is 2. The molecule has 4 rings (SSSR count). The molecule has 174 valence electrons. The van der Waals surface area contributed by atoms with Gasteiger partial charge in [0.05, 0.1) is 6.42 Å². The monoisotopic (exact) mass is 456 g/mol. The van der Waals surface area contributed by atoms with Crippen molar-refractivity contribution < 1.29 is 9.59 Å². The van der Waals surface area contributed by atoms with E-state index in [0.29, 0.717) is 37.3 Å². The number of fused-ring (bicyclic) bond motifs is 1. The second kappa shape index (κ2) is 10.2. The summed E-state index contributed by atoms with van der Waals surface area (Å²) < 4.78 is 1.69. The topological polar surface area (TPSA) is 92.5 Å². The third-order valence-corrected chi connectivity index (χ3v) is 5.87. The molecule has 8 heteroatoms. The first kappa shape index (κ1) is 23.1. The number of carbonyl (C=O) groups is 2. The van der Waals surface area contributed by atoms with E-state index in [0.717, 1.165) is 28.2 Å². The van der Waals surface area contributed by atoms with E-state index < -0.39 is 0 Å². The lowest BCUT2D eigenvalue weighted by atomic mass is 10.1. The first-order chi connectivity index (χ1) is 16.5. The molecule has 0 saturated carbocycles. The van der Waals surface area contributed by atoms with Crippen molar-refractivity contribution in [3.63, 3.8) is 0 Å². The number of amides is 2. The Morgan fingerprint density at radius 2 is 1.76 bits per heavy atom. The number of rotatable bonds is 8. The highest BCUT2D eigenvalue weighted by atomic mass is 16.2. The third-order valence-electron chi connectivity index (χ3n) is 5.87. The fourth-order valence-electron chi connectivity index (χ4n) is 4.07. The van der Waals surface area contributed by atoms with Crippen LogP contribution in [0.1, 0.15) is 35.9 Å². The molecule has 0 unspecified atom stereocenters. The maximum Gasteiger partial charge on any atom is 0.252 e. The highest BCUT2D eigenvalue weighted by Gasteiger charge is 2.15. The zero-order valence-corrected chi connectivity index (χ0v) is 19.7. The number of para-hydroxylation sites is 1. The van der Waals surface area contributed by atoms with Crippen LogP contribution in [-0.4, -0.2) is 37.9 Å². The van der Waals surface area contributed by atoms with E-state index in [2.05, 4.69) is 20.4 Å². The van der Waals surface area contributed by atoms with Crippen LogP contribution in [0.25, 0.3) is 5.78 Å². The number of aryl methyl sites for hydroxylation is 2. The van der Waals surface area contributed by atoms with Crippen LogP contribution in [0.2, 0.25) is 0 Å². The van der Waals surface area contributed by atoms with Gasteiger partial charge in [-0.05, 0) is 62.6 Å². The Labute approximate surface area is 198 Å². The van der Waals surface area contributed by atoms with E-state index in [1.54, 1.807) is 9.42 Å². The molecule has 2 aromatic heterocycles. The summed E-state index contributed by atoms with van der Waals surface area (Å²) in [6.45, 7) is 6.45. The van der Waals surface area contributed by atoms with Crippen LogP contribution >= 0.6 is 0 Å². The van der Waals surface area contributed by atoms with E-state index in [1.807, 2.05) is 75.4 Å². The van der Waals surface area contributed by atoms with E-state index in [1.165, 1.54) is 6.33 Å². The summed E-state index contributed by atoms with van der Waals surface area (Å²) in [4.78, 5) is 35.7. The van der Waals surface area contributed by atoms with Crippen LogP contribution < -0.4 is 10.2 Å². The fraction of sp³-hybridized carbons (Fsp3) is 0.269. The van der Waals surface area contributed by atoms with Gasteiger partial charge >= 0.3 is 0 Å². The Hall–Kier alpha value is -4.07. The van der Waals surface area contributed by atoms with Gasteiger partial charge < -0.3 is 10.2 Å². The van der Waals surface area contributed by atoms with Gasteiger partial charge in [-0.15, -0.1) is 0 Å². The van der Waals surface area contributed by atoms with Crippen LogP contribution in [0.4, 0.5) is 11.4 Å². The van der Waals surface area contributed by atoms with Crippen LogP contribution in [0.5, 0.6) is 0 Å². The maximum absolute atomic E-state index is 12.8. The lowest BCUT2D eigenvalue weighted by molar-refractivity contribution is -0.118. The van der Waals surface area contributed by atoms with Crippen LogP contribution in [-0.2, 0) is 22.4 Å². The summed E-state index contributed by atoms with van der Waals surface area (Å²) in [7, 11) is 0. The molecule has 0 spiro atoms. The van der Waals surface area contributed by atoms with Gasteiger partial charge in [0.2, 0.25) is 11.8 Å². The Bertz CT molecular complexity index is 1300. The molecule has 1 N–H and O–H groups in total. The molecule has 2 heterocycles. The predicted molar refractivity (Wildman–Crippen MR) is 132 cm³/mol. The molecule has 0 radical (unpaired) electrons. The average molecular weight is 457 g/mol. The van der Waals surface area contributed by atoms with Crippen molar-refractivity contribution in [3.05, 3.63) is 83.4 Å². The van der Waals surface area contributed by atoms with Crippen LogP contribution in [0.3, 0.4) is 0 Å². The summed E-state index contributed by atoms with van der Waals surface area (Å²) >= 11 is 0. The molecule has 0 atom stereocenters. The van der Waals surface area contributed by atoms with Gasteiger partial charge in [-0.3, -0.25) is 9.59 Å². The quantitative estimate of drug-likeness (QED) is 0.434. The first-order valence-corrected chi connectivity index (χ1v) is 11.4. The average Bonchev–Trinajstić information content (AvgIpc) is 3.30. The fourth-order valence-corrected chi connectivity index (χ4v) is 4.07. The minimum Gasteiger partial charge on any atom is -0.326 e. The highest BCUT2D eigenvalue weighted by Crippen LogP contribution is 2.18. The second-order valence-electron chi connectivity index (χ2n) is 8.13. The molecule has 0 aliphatic carbocycles. The minimum absolute atomic E-state index is 0.0363. The lowest BCUT2D eigenvalue weighted by Crippen LogP contribution is -2.31. The molecule has 2 aromatic carbocycles. The maximum atomic E-state index is 12.8. The summed E-state index contributed by atoms with van der Waals surface area (Å²) in [5.74, 6) is 0.518. The molecule has 0 aliphatic rings. The van der Waals surface area contributed by atoms with E-state index in [9.17, 15) is 9.59 Å². The van der Waals surface area contributed by atoms with Gasteiger partial charge in [0, 0.05) is 35.7 Å². The Morgan fingerprint density at radius 3 is 2.47 bits per heavy atom. The minimum atomic E-state index is -0.0810. The SMILES string of the molecule is CCN(C(=O)Cc1ccc(NC(=O)CCc2c(C)nc3ncnn3c2C)cc1)c1ccccc1. The van der Waals surface area contributed by atoms with Crippen molar-refractivity contribution in [2.75, 3.05) is 16.8 Å². The zero-order valence-electron chi connectivity index (χ0n) is 19.7. The predicted octanol–water partition coefficient (Wildman–Crippen LogP) is 3.91. The second-order valence-corrected chi connectivity index (χ2v) is 8.13. The molecular weight excluding hydrogens is 428 g/mol. The van der Waals surface area contributed by atoms with Gasteiger partial charge in [-0.1, -0.05) is 30.3 Å². The van der Waals surface area contributed by atoms with Crippen LogP contribution in [0.15, 0.2) is 60.9 Å². The van der Waals surface area contributed by atoms with Crippen molar-refractivity contribution >= 4 is 29.0 Å². The molecule has 0 saturated heterocycles. The van der Waals surface area contributed by atoms with Gasteiger partial charge in [0.15, 0.2) is 0 Å². The van der Waals surface area contributed by atoms with Crippen molar-refractivity contribution in [2.45, 2.75) is 40.0 Å². The number of nitrogens with one attached hydrogen (secondary N) is 1. The Balaban J connectivity index is 1.34. The van der Waals surface area contributed by atoms with Gasteiger partial charge in [-0.25, -0.2) is 9.50 Å². The normalized spacial score (nSPS) is 10.9. The van der Waals surface area contributed by atoms with Gasteiger partial charge in [-0.2, -0.15) is 10.1 Å².